The quantitative estimate of drug-likeness (QED) is 0.788. The standard InChI is InChI=1S/C18H20N4S/c1-13-5-4-8-17(19-13)20-14-9-11-22(12-10-14)18-21-15-6-2-3-7-16(15)23-18/h2-8,14H,9-12H2,1H3,(H,19,20). The number of nitrogens with one attached hydrogen (secondary N) is 1. The van der Waals surface area contributed by atoms with Crippen LogP contribution in [0.5, 0.6) is 0 Å². The number of benzene rings is 1. The van der Waals surface area contributed by atoms with Gasteiger partial charge in [-0.25, -0.2) is 9.97 Å². The molecule has 0 radical (unpaired) electrons. The number of hydrogen-bond donors (Lipinski definition) is 1. The lowest BCUT2D eigenvalue weighted by Gasteiger charge is -2.32. The molecule has 0 unspecified atom stereocenters. The van der Waals surface area contributed by atoms with Gasteiger partial charge in [-0.2, -0.15) is 0 Å². The molecule has 0 amide bonds. The zero-order valence-electron chi connectivity index (χ0n) is 13.2. The molecule has 0 saturated carbocycles. The van der Waals surface area contributed by atoms with Crippen molar-refractivity contribution in [2.24, 2.45) is 0 Å². The fourth-order valence-corrected chi connectivity index (χ4v) is 4.06. The van der Waals surface area contributed by atoms with Gasteiger partial charge in [-0.1, -0.05) is 29.5 Å². The maximum Gasteiger partial charge on any atom is 0.186 e. The first-order valence-electron chi connectivity index (χ1n) is 8.09. The number of thiazole rings is 1. The number of rotatable bonds is 3. The summed E-state index contributed by atoms with van der Waals surface area (Å²) in [6, 6.07) is 15.0. The smallest absolute Gasteiger partial charge is 0.186 e. The van der Waals surface area contributed by atoms with Crippen molar-refractivity contribution in [3.05, 3.63) is 48.2 Å². The van der Waals surface area contributed by atoms with Gasteiger partial charge in [0.25, 0.3) is 0 Å². The van der Waals surface area contributed by atoms with Gasteiger partial charge in [0.05, 0.1) is 10.2 Å². The second kappa shape index (κ2) is 6.16. The summed E-state index contributed by atoms with van der Waals surface area (Å²) in [6.45, 7) is 4.12. The molecular formula is C18H20N4S. The van der Waals surface area contributed by atoms with Crippen LogP contribution in [0.2, 0.25) is 0 Å². The number of anilines is 2. The van der Waals surface area contributed by atoms with Gasteiger partial charge in [0.1, 0.15) is 5.82 Å². The summed E-state index contributed by atoms with van der Waals surface area (Å²) in [7, 11) is 0. The number of hydrogen-bond acceptors (Lipinski definition) is 5. The van der Waals surface area contributed by atoms with E-state index >= 15 is 0 Å². The van der Waals surface area contributed by atoms with Crippen molar-refractivity contribution in [2.45, 2.75) is 25.8 Å². The van der Waals surface area contributed by atoms with Gasteiger partial charge >= 0.3 is 0 Å². The molecule has 23 heavy (non-hydrogen) atoms. The number of fused-ring (bicyclic) bond motifs is 1. The Kier molecular flexibility index (Phi) is 3.87. The molecule has 1 fully saturated rings. The Morgan fingerprint density at radius 3 is 2.65 bits per heavy atom. The molecule has 1 aliphatic heterocycles. The molecule has 4 rings (SSSR count). The van der Waals surface area contributed by atoms with E-state index < -0.39 is 0 Å². The molecule has 1 aliphatic rings. The van der Waals surface area contributed by atoms with E-state index in [1.54, 1.807) is 11.3 Å². The van der Waals surface area contributed by atoms with Gasteiger partial charge in [-0.3, -0.25) is 0 Å². The minimum Gasteiger partial charge on any atom is -0.367 e. The molecule has 0 aliphatic carbocycles. The van der Waals surface area contributed by atoms with Crippen molar-refractivity contribution in [3.63, 3.8) is 0 Å². The van der Waals surface area contributed by atoms with E-state index in [-0.39, 0.29) is 0 Å². The second-order valence-corrected chi connectivity index (χ2v) is 7.04. The Morgan fingerprint density at radius 2 is 1.87 bits per heavy atom. The van der Waals surface area contributed by atoms with Gasteiger partial charge in [0.15, 0.2) is 5.13 Å². The molecule has 0 bridgehead atoms. The second-order valence-electron chi connectivity index (χ2n) is 6.03. The third-order valence-electron chi connectivity index (χ3n) is 4.29. The first-order chi connectivity index (χ1) is 11.3. The van der Waals surface area contributed by atoms with E-state index in [2.05, 4.69) is 45.5 Å². The van der Waals surface area contributed by atoms with Gasteiger partial charge < -0.3 is 10.2 Å². The first-order valence-corrected chi connectivity index (χ1v) is 8.90. The summed E-state index contributed by atoms with van der Waals surface area (Å²) in [5.41, 5.74) is 2.17. The SMILES string of the molecule is Cc1cccc(NC2CCN(c3nc4ccccc4s3)CC2)n1. The summed E-state index contributed by atoms with van der Waals surface area (Å²) in [4.78, 5) is 11.7. The van der Waals surface area contributed by atoms with Crippen LogP contribution in [0.15, 0.2) is 42.5 Å². The highest BCUT2D eigenvalue weighted by Gasteiger charge is 2.21. The number of para-hydroxylation sites is 1. The van der Waals surface area contributed by atoms with Crippen molar-refractivity contribution in [2.75, 3.05) is 23.3 Å². The summed E-state index contributed by atoms with van der Waals surface area (Å²) in [5, 5.41) is 4.72. The lowest BCUT2D eigenvalue weighted by molar-refractivity contribution is 0.525. The third kappa shape index (κ3) is 3.15. The maximum absolute atomic E-state index is 4.77. The maximum atomic E-state index is 4.77. The summed E-state index contributed by atoms with van der Waals surface area (Å²) < 4.78 is 1.27. The Bertz CT molecular complexity index is 772. The van der Waals surface area contributed by atoms with Crippen LogP contribution in [0.25, 0.3) is 10.2 Å². The molecule has 3 heterocycles. The molecule has 1 saturated heterocycles. The summed E-state index contributed by atoms with van der Waals surface area (Å²) in [5.74, 6) is 0.989. The van der Waals surface area contributed by atoms with Crippen LogP contribution < -0.4 is 10.2 Å². The molecular weight excluding hydrogens is 304 g/mol. The van der Waals surface area contributed by atoms with E-state index in [9.17, 15) is 0 Å². The normalized spacial score (nSPS) is 16.0. The average Bonchev–Trinajstić information content (AvgIpc) is 2.99. The zero-order valence-corrected chi connectivity index (χ0v) is 14.0. The lowest BCUT2D eigenvalue weighted by Crippen LogP contribution is -2.39. The van der Waals surface area contributed by atoms with Crippen molar-refractivity contribution in [1.82, 2.24) is 9.97 Å². The van der Waals surface area contributed by atoms with Crippen LogP contribution in [0, 0.1) is 6.92 Å². The predicted octanol–water partition coefficient (Wildman–Crippen LogP) is 4.08. The van der Waals surface area contributed by atoms with Crippen LogP contribution in [-0.4, -0.2) is 29.1 Å². The molecule has 4 nitrogen and oxygen atoms in total. The Morgan fingerprint density at radius 1 is 1.04 bits per heavy atom. The van der Waals surface area contributed by atoms with Crippen molar-refractivity contribution in [3.8, 4) is 0 Å². The monoisotopic (exact) mass is 324 g/mol. The van der Waals surface area contributed by atoms with Crippen LogP contribution >= 0.6 is 11.3 Å². The number of piperidine rings is 1. The minimum atomic E-state index is 0.495. The van der Waals surface area contributed by atoms with E-state index in [4.69, 9.17) is 4.98 Å². The molecule has 5 heteroatoms. The first kappa shape index (κ1) is 14.5. The predicted molar refractivity (Wildman–Crippen MR) is 97.5 cm³/mol. The van der Waals surface area contributed by atoms with Crippen molar-refractivity contribution < 1.29 is 0 Å². The fraction of sp³-hybridized carbons (Fsp3) is 0.333. The van der Waals surface area contributed by atoms with Crippen LogP contribution in [0.3, 0.4) is 0 Å². The molecule has 0 spiro atoms. The van der Waals surface area contributed by atoms with Crippen molar-refractivity contribution >= 4 is 32.5 Å². The third-order valence-corrected chi connectivity index (χ3v) is 5.39. The Balaban J connectivity index is 1.40. The molecule has 1 aromatic carbocycles. The van der Waals surface area contributed by atoms with Gasteiger partial charge in [-0.15, -0.1) is 0 Å². The molecule has 3 aromatic rings. The molecule has 1 N–H and O–H groups in total. The molecule has 0 atom stereocenters. The summed E-state index contributed by atoms with van der Waals surface area (Å²) in [6.07, 6.45) is 2.23. The Labute approximate surface area is 140 Å². The number of aromatic nitrogens is 2. The van der Waals surface area contributed by atoms with Crippen LogP contribution in [0.1, 0.15) is 18.5 Å². The fourth-order valence-electron chi connectivity index (χ4n) is 3.04. The van der Waals surface area contributed by atoms with Crippen LogP contribution in [-0.2, 0) is 0 Å². The summed E-state index contributed by atoms with van der Waals surface area (Å²) >= 11 is 1.79. The van der Waals surface area contributed by atoms with Crippen molar-refractivity contribution in [1.29, 1.82) is 0 Å². The Hall–Kier alpha value is -2.14. The highest BCUT2D eigenvalue weighted by atomic mass is 32.1. The van der Waals surface area contributed by atoms with E-state index in [0.717, 1.165) is 48.1 Å². The number of aryl methyl sites for hydroxylation is 1. The van der Waals surface area contributed by atoms with Gasteiger partial charge in [0.2, 0.25) is 0 Å². The topological polar surface area (TPSA) is 41.0 Å². The minimum absolute atomic E-state index is 0.495. The van der Waals surface area contributed by atoms with E-state index in [1.807, 2.05) is 19.1 Å². The van der Waals surface area contributed by atoms with Gasteiger partial charge in [-0.05, 0) is 44.0 Å². The lowest BCUT2D eigenvalue weighted by atomic mass is 10.1. The molecule has 2 aromatic heterocycles. The zero-order chi connectivity index (χ0) is 15.6. The van der Waals surface area contributed by atoms with E-state index in [0.29, 0.717) is 6.04 Å². The molecule has 118 valence electrons. The van der Waals surface area contributed by atoms with E-state index in [1.165, 1.54) is 4.70 Å². The highest BCUT2D eigenvalue weighted by Crippen LogP contribution is 2.30. The highest BCUT2D eigenvalue weighted by molar-refractivity contribution is 7.22. The number of nitrogens with zero attached hydrogens (tertiary/aromatic N) is 3. The van der Waals surface area contributed by atoms with Gasteiger partial charge in [0, 0.05) is 24.8 Å². The van der Waals surface area contributed by atoms with Crippen LogP contribution in [0.4, 0.5) is 10.9 Å². The largest absolute Gasteiger partial charge is 0.367 e. The number of pyridine rings is 1. The average molecular weight is 324 g/mol.